The van der Waals surface area contributed by atoms with Crippen LogP contribution in [0.3, 0.4) is 0 Å². The zero-order valence-electron chi connectivity index (χ0n) is 19.1. The number of aromatic nitrogens is 2. The Kier molecular flexibility index (Phi) is 7.61. The molecule has 0 atom stereocenters. The Morgan fingerprint density at radius 2 is 1.61 bits per heavy atom. The topological polar surface area (TPSA) is 78.8 Å². The largest absolute Gasteiger partial charge is 0.369 e. The molecule has 4 rings (SSSR count). The van der Waals surface area contributed by atoms with Gasteiger partial charge in [0.2, 0.25) is 5.03 Å². The fourth-order valence-electron chi connectivity index (χ4n) is 4.49. The molecule has 2 saturated heterocycles. The zero-order valence-corrected chi connectivity index (χ0v) is 20.7. The van der Waals surface area contributed by atoms with Crippen molar-refractivity contribution in [3.05, 3.63) is 41.0 Å². The molecule has 0 unspecified atom stereocenters. The minimum Gasteiger partial charge on any atom is -0.369 e. The molecular weight excluding hydrogens is 462 g/mol. The third-order valence-electron chi connectivity index (χ3n) is 6.32. The van der Waals surface area contributed by atoms with Crippen LogP contribution in [0.5, 0.6) is 0 Å². The zero-order chi connectivity index (χ0) is 23.4. The van der Waals surface area contributed by atoms with Crippen molar-refractivity contribution in [2.45, 2.75) is 50.6 Å². The summed E-state index contributed by atoms with van der Waals surface area (Å²) in [5, 5.41) is 4.95. The predicted octanol–water partition coefficient (Wildman–Crippen LogP) is 3.47. The van der Waals surface area contributed by atoms with Crippen molar-refractivity contribution < 1.29 is 13.2 Å². The lowest BCUT2D eigenvalue weighted by molar-refractivity contribution is 0.0757. The lowest BCUT2D eigenvalue weighted by Gasteiger charge is -2.35. The summed E-state index contributed by atoms with van der Waals surface area (Å²) in [4.78, 5) is 17.3. The summed E-state index contributed by atoms with van der Waals surface area (Å²) in [6.45, 7) is 5.69. The first kappa shape index (κ1) is 24.0. The van der Waals surface area contributed by atoms with Crippen molar-refractivity contribution in [2.24, 2.45) is 0 Å². The van der Waals surface area contributed by atoms with E-state index in [9.17, 15) is 13.2 Å². The van der Waals surface area contributed by atoms with Crippen molar-refractivity contribution in [3.8, 4) is 0 Å². The van der Waals surface area contributed by atoms with E-state index in [4.69, 9.17) is 11.6 Å². The first-order chi connectivity index (χ1) is 15.9. The molecule has 0 aliphatic carbocycles. The maximum Gasteiger partial charge on any atom is 0.263 e. The standard InChI is InChI=1S/C23H32ClN5O3S/c1-2-11-28-18-21(23(30)27-12-5-3-4-6-13-27)22(25-28)33(31,32)29-16-14-26(15-17-29)20-9-7-19(24)8-10-20/h7-10,18H,2-6,11-17H2,1H3. The molecule has 8 nitrogen and oxygen atoms in total. The van der Waals surface area contributed by atoms with E-state index in [2.05, 4.69) is 10.00 Å². The quantitative estimate of drug-likeness (QED) is 0.615. The Morgan fingerprint density at radius 3 is 2.21 bits per heavy atom. The molecule has 0 N–H and O–H groups in total. The van der Waals surface area contributed by atoms with Crippen molar-refractivity contribution >= 4 is 33.2 Å². The third kappa shape index (κ3) is 5.36. The van der Waals surface area contributed by atoms with Crippen LogP contribution in [-0.4, -0.2) is 72.6 Å². The Labute approximate surface area is 201 Å². The normalized spacial score (nSPS) is 18.4. The number of benzene rings is 1. The van der Waals surface area contributed by atoms with Gasteiger partial charge in [0.25, 0.3) is 15.9 Å². The van der Waals surface area contributed by atoms with E-state index in [0.717, 1.165) is 37.8 Å². The number of nitrogens with zero attached hydrogens (tertiary/aromatic N) is 5. The van der Waals surface area contributed by atoms with E-state index in [-0.39, 0.29) is 16.5 Å². The minimum absolute atomic E-state index is 0.106. The SMILES string of the molecule is CCCn1cc(C(=O)N2CCCCCC2)c(S(=O)(=O)N2CCN(c3ccc(Cl)cc3)CC2)n1. The number of sulfonamides is 1. The molecule has 10 heteroatoms. The van der Waals surface area contributed by atoms with Crippen LogP contribution in [0.4, 0.5) is 5.69 Å². The average Bonchev–Trinajstić information content (AvgIpc) is 3.06. The number of piperazine rings is 1. The van der Waals surface area contributed by atoms with Crippen LogP contribution in [-0.2, 0) is 16.6 Å². The number of carbonyl (C=O) groups is 1. The van der Waals surface area contributed by atoms with Crippen LogP contribution >= 0.6 is 11.6 Å². The maximum absolute atomic E-state index is 13.6. The molecule has 1 aromatic heterocycles. The van der Waals surface area contributed by atoms with Gasteiger partial charge in [-0.2, -0.15) is 9.40 Å². The van der Waals surface area contributed by atoms with Gasteiger partial charge in [0.05, 0.1) is 5.56 Å². The van der Waals surface area contributed by atoms with Gasteiger partial charge >= 0.3 is 0 Å². The molecule has 3 heterocycles. The molecule has 2 aliphatic rings. The second-order valence-electron chi connectivity index (χ2n) is 8.68. The van der Waals surface area contributed by atoms with Crippen molar-refractivity contribution in [2.75, 3.05) is 44.2 Å². The minimum atomic E-state index is -3.89. The van der Waals surface area contributed by atoms with Gasteiger partial charge in [0.15, 0.2) is 0 Å². The van der Waals surface area contributed by atoms with Crippen LogP contribution in [0.1, 0.15) is 49.4 Å². The summed E-state index contributed by atoms with van der Waals surface area (Å²) in [6.07, 6.45) is 6.52. The first-order valence-corrected chi connectivity index (χ1v) is 13.6. The fourth-order valence-corrected chi connectivity index (χ4v) is 6.13. The summed E-state index contributed by atoms with van der Waals surface area (Å²) >= 11 is 5.99. The number of carbonyl (C=O) groups excluding carboxylic acids is 1. The third-order valence-corrected chi connectivity index (χ3v) is 8.41. The van der Waals surface area contributed by atoms with Crippen LogP contribution in [0.2, 0.25) is 5.02 Å². The smallest absolute Gasteiger partial charge is 0.263 e. The Balaban J connectivity index is 1.55. The van der Waals surface area contributed by atoms with Crippen LogP contribution in [0.25, 0.3) is 0 Å². The van der Waals surface area contributed by atoms with Gasteiger partial charge in [0.1, 0.15) is 0 Å². The molecule has 0 radical (unpaired) electrons. The van der Waals surface area contributed by atoms with E-state index in [0.29, 0.717) is 50.8 Å². The maximum atomic E-state index is 13.6. The number of rotatable bonds is 6. The van der Waals surface area contributed by atoms with E-state index >= 15 is 0 Å². The second kappa shape index (κ2) is 10.4. The van der Waals surface area contributed by atoms with Gasteiger partial charge in [-0.1, -0.05) is 31.4 Å². The van der Waals surface area contributed by atoms with Gasteiger partial charge in [-0.3, -0.25) is 9.48 Å². The fraction of sp³-hybridized carbons (Fsp3) is 0.565. The van der Waals surface area contributed by atoms with Gasteiger partial charge < -0.3 is 9.80 Å². The molecule has 0 spiro atoms. The Bertz CT molecular complexity index is 1050. The molecule has 2 aliphatic heterocycles. The van der Waals surface area contributed by atoms with Crippen molar-refractivity contribution in [1.29, 1.82) is 0 Å². The molecule has 1 amide bonds. The molecule has 180 valence electrons. The van der Waals surface area contributed by atoms with E-state index < -0.39 is 10.0 Å². The predicted molar refractivity (Wildman–Crippen MR) is 129 cm³/mol. The summed E-state index contributed by atoms with van der Waals surface area (Å²) < 4.78 is 30.3. The highest BCUT2D eigenvalue weighted by Gasteiger charge is 2.36. The van der Waals surface area contributed by atoms with E-state index in [1.807, 2.05) is 31.2 Å². The summed E-state index contributed by atoms with van der Waals surface area (Å²) in [7, 11) is -3.89. The van der Waals surface area contributed by atoms with Gasteiger partial charge in [-0.05, 0) is 43.5 Å². The molecular formula is C23H32ClN5O3S. The molecule has 1 aromatic carbocycles. The molecule has 0 saturated carbocycles. The number of amides is 1. The summed E-state index contributed by atoms with van der Waals surface area (Å²) in [5.41, 5.74) is 1.21. The molecule has 2 fully saturated rings. The molecule has 33 heavy (non-hydrogen) atoms. The van der Waals surface area contributed by atoms with E-state index in [1.54, 1.807) is 15.8 Å². The Morgan fingerprint density at radius 1 is 0.970 bits per heavy atom. The van der Waals surface area contributed by atoms with Crippen molar-refractivity contribution in [1.82, 2.24) is 19.0 Å². The van der Waals surface area contributed by atoms with Gasteiger partial charge in [-0.25, -0.2) is 8.42 Å². The number of halogens is 1. The van der Waals surface area contributed by atoms with Crippen LogP contribution < -0.4 is 4.90 Å². The lowest BCUT2D eigenvalue weighted by atomic mass is 10.2. The Hall–Kier alpha value is -2.10. The van der Waals surface area contributed by atoms with Gasteiger partial charge in [0, 0.05) is 62.7 Å². The number of anilines is 1. The highest BCUT2D eigenvalue weighted by molar-refractivity contribution is 7.89. The van der Waals surface area contributed by atoms with Crippen molar-refractivity contribution in [3.63, 3.8) is 0 Å². The highest BCUT2D eigenvalue weighted by atomic mass is 35.5. The lowest BCUT2D eigenvalue weighted by Crippen LogP contribution is -2.49. The van der Waals surface area contributed by atoms with Gasteiger partial charge in [-0.15, -0.1) is 0 Å². The number of hydrogen-bond donors (Lipinski definition) is 0. The number of aryl methyl sites for hydroxylation is 1. The first-order valence-electron chi connectivity index (χ1n) is 11.8. The average molecular weight is 494 g/mol. The summed E-state index contributed by atoms with van der Waals surface area (Å²) in [6, 6.07) is 7.55. The molecule has 0 bridgehead atoms. The molecule has 2 aromatic rings. The van der Waals surface area contributed by atoms with Crippen LogP contribution in [0.15, 0.2) is 35.5 Å². The number of hydrogen-bond acceptors (Lipinski definition) is 5. The van der Waals surface area contributed by atoms with E-state index in [1.165, 1.54) is 4.31 Å². The summed E-state index contributed by atoms with van der Waals surface area (Å²) in [5.74, 6) is -0.224. The monoisotopic (exact) mass is 493 g/mol. The second-order valence-corrected chi connectivity index (χ2v) is 11.0. The number of likely N-dealkylation sites (tertiary alicyclic amines) is 1. The van der Waals surface area contributed by atoms with Crippen LogP contribution in [0, 0.1) is 0 Å². The highest BCUT2D eigenvalue weighted by Crippen LogP contribution is 2.25.